The SMILES string of the molecule is CCCCCCCCCCCCC1(N2C(=O)N=NC2=S)CC(C(N)=O)=C(O)c2ccccc21. The fourth-order valence-corrected chi connectivity index (χ4v) is 5.29. The lowest BCUT2D eigenvalue weighted by Crippen LogP contribution is -2.51. The zero-order chi connectivity index (χ0) is 23.8. The Bertz CT molecular complexity index is 941. The van der Waals surface area contributed by atoms with Crippen molar-refractivity contribution in [3.8, 4) is 0 Å². The molecule has 1 aromatic rings. The fourth-order valence-electron chi connectivity index (χ4n) is 5.00. The highest BCUT2D eigenvalue weighted by atomic mass is 32.1. The summed E-state index contributed by atoms with van der Waals surface area (Å²) in [6.07, 6.45) is 12.5. The van der Waals surface area contributed by atoms with Crippen LogP contribution in [0.5, 0.6) is 0 Å². The summed E-state index contributed by atoms with van der Waals surface area (Å²) >= 11 is 5.36. The highest BCUT2D eigenvalue weighted by molar-refractivity contribution is 7.80. The van der Waals surface area contributed by atoms with Crippen LogP contribution in [0.2, 0.25) is 0 Å². The van der Waals surface area contributed by atoms with E-state index in [1.165, 1.54) is 49.8 Å². The first-order valence-corrected chi connectivity index (χ1v) is 12.4. The van der Waals surface area contributed by atoms with Crippen LogP contribution in [0.25, 0.3) is 5.76 Å². The minimum absolute atomic E-state index is 0.0760. The van der Waals surface area contributed by atoms with Gasteiger partial charge < -0.3 is 10.8 Å². The van der Waals surface area contributed by atoms with E-state index < -0.39 is 17.5 Å². The largest absolute Gasteiger partial charge is 0.507 e. The Kier molecular flexibility index (Phi) is 8.72. The molecule has 0 saturated carbocycles. The van der Waals surface area contributed by atoms with Gasteiger partial charge in [-0.15, -0.1) is 5.11 Å². The van der Waals surface area contributed by atoms with E-state index in [1.807, 2.05) is 12.1 Å². The number of nitrogens with zero attached hydrogens (tertiary/aromatic N) is 3. The second kappa shape index (κ2) is 11.5. The van der Waals surface area contributed by atoms with E-state index in [2.05, 4.69) is 17.2 Å². The number of carbonyl (C=O) groups excluding carboxylic acids is 2. The van der Waals surface area contributed by atoms with Crippen molar-refractivity contribution in [3.05, 3.63) is 41.0 Å². The van der Waals surface area contributed by atoms with Gasteiger partial charge in [0.05, 0.1) is 11.1 Å². The Morgan fingerprint density at radius 2 is 1.67 bits per heavy atom. The second-order valence-corrected chi connectivity index (χ2v) is 9.34. The highest BCUT2D eigenvalue weighted by Gasteiger charge is 2.50. The molecule has 3 amide bonds. The van der Waals surface area contributed by atoms with Crippen molar-refractivity contribution in [2.75, 3.05) is 0 Å². The zero-order valence-electron chi connectivity index (χ0n) is 19.4. The summed E-state index contributed by atoms with van der Waals surface area (Å²) in [5.41, 5.74) is 6.00. The maximum atomic E-state index is 12.7. The molecule has 1 aliphatic carbocycles. The number of hydrogen-bond donors (Lipinski definition) is 2. The number of urea groups is 1. The summed E-state index contributed by atoms with van der Waals surface area (Å²) in [5.74, 6) is -0.843. The Balaban J connectivity index is 1.75. The third-order valence-corrected chi connectivity index (χ3v) is 6.98. The normalized spacial score (nSPS) is 20.0. The molecule has 8 heteroatoms. The number of primary amides is 1. The molecule has 3 N–H and O–H groups in total. The van der Waals surface area contributed by atoms with Crippen LogP contribution in [-0.2, 0) is 10.3 Å². The van der Waals surface area contributed by atoms with E-state index in [1.54, 1.807) is 12.1 Å². The molecule has 7 nitrogen and oxygen atoms in total. The van der Waals surface area contributed by atoms with Gasteiger partial charge in [-0.2, -0.15) is 0 Å². The molecule has 33 heavy (non-hydrogen) atoms. The number of hydrogen-bond acceptors (Lipinski definition) is 4. The molecule has 2 aliphatic rings. The monoisotopic (exact) mass is 470 g/mol. The predicted molar refractivity (Wildman–Crippen MR) is 133 cm³/mol. The van der Waals surface area contributed by atoms with Gasteiger partial charge in [-0.25, -0.2) is 4.79 Å². The third kappa shape index (κ3) is 5.49. The van der Waals surface area contributed by atoms with Gasteiger partial charge in [0.15, 0.2) is 0 Å². The number of nitrogens with two attached hydrogens (primary N) is 1. The van der Waals surface area contributed by atoms with Crippen LogP contribution >= 0.6 is 12.2 Å². The van der Waals surface area contributed by atoms with Crippen LogP contribution in [0.15, 0.2) is 40.1 Å². The highest BCUT2D eigenvalue weighted by Crippen LogP contribution is 2.48. The molecule has 1 unspecified atom stereocenters. The van der Waals surface area contributed by atoms with Crippen molar-refractivity contribution in [1.29, 1.82) is 0 Å². The van der Waals surface area contributed by atoms with Crippen molar-refractivity contribution in [1.82, 2.24) is 4.90 Å². The number of rotatable bonds is 13. The minimum atomic E-state index is -0.953. The van der Waals surface area contributed by atoms with E-state index in [0.29, 0.717) is 12.0 Å². The van der Waals surface area contributed by atoms with Crippen LogP contribution in [0.3, 0.4) is 0 Å². The first kappa shape index (κ1) is 25.0. The standard InChI is InChI=1S/C25H34N4O3S/c1-2-3-4-5-6-7-8-9-10-13-16-25(29-23(32)27-28-24(29)33)17-19(22(26)31)21(30)18-14-11-12-15-20(18)25/h11-12,14-15,30H,2-10,13,16-17H2,1H3,(H2,26,31). The van der Waals surface area contributed by atoms with Gasteiger partial charge >= 0.3 is 6.03 Å². The number of azo groups is 1. The molecule has 178 valence electrons. The van der Waals surface area contributed by atoms with E-state index in [-0.39, 0.29) is 22.9 Å². The maximum Gasteiger partial charge on any atom is 0.369 e. The molecule has 0 bridgehead atoms. The van der Waals surface area contributed by atoms with Crippen molar-refractivity contribution in [3.63, 3.8) is 0 Å². The lowest BCUT2D eigenvalue weighted by molar-refractivity contribution is -0.115. The molecular formula is C25H34N4O3S. The van der Waals surface area contributed by atoms with E-state index in [0.717, 1.165) is 24.8 Å². The van der Waals surface area contributed by atoms with E-state index >= 15 is 0 Å². The Morgan fingerprint density at radius 1 is 1.06 bits per heavy atom. The van der Waals surface area contributed by atoms with E-state index in [4.69, 9.17) is 18.0 Å². The van der Waals surface area contributed by atoms with Crippen LogP contribution < -0.4 is 5.73 Å². The molecule has 1 atom stereocenters. The molecule has 0 radical (unpaired) electrons. The molecule has 1 aliphatic heterocycles. The number of aliphatic hydroxyl groups excluding tert-OH is 1. The van der Waals surface area contributed by atoms with Gasteiger partial charge in [0, 0.05) is 12.0 Å². The summed E-state index contributed by atoms with van der Waals surface area (Å²) < 4.78 is 0. The van der Waals surface area contributed by atoms with Crippen molar-refractivity contribution in [2.24, 2.45) is 16.0 Å². The smallest absolute Gasteiger partial charge is 0.369 e. The molecule has 0 fully saturated rings. The zero-order valence-corrected chi connectivity index (χ0v) is 20.2. The fraction of sp³-hybridized carbons (Fsp3) is 0.560. The van der Waals surface area contributed by atoms with Crippen molar-refractivity contribution in [2.45, 2.75) is 89.5 Å². The lowest BCUT2D eigenvalue weighted by atomic mass is 9.71. The summed E-state index contributed by atoms with van der Waals surface area (Å²) in [6.45, 7) is 2.23. The van der Waals surface area contributed by atoms with Crippen LogP contribution in [-0.4, -0.2) is 27.1 Å². The molecule has 3 rings (SSSR count). The molecular weight excluding hydrogens is 436 g/mol. The number of thiocarbonyl (C=S) groups is 1. The number of amides is 3. The van der Waals surface area contributed by atoms with Gasteiger partial charge in [0.25, 0.3) is 0 Å². The summed E-state index contributed by atoms with van der Waals surface area (Å²) in [4.78, 5) is 26.3. The predicted octanol–water partition coefficient (Wildman–Crippen LogP) is 6.52. The number of benzene rings is 1. The molecule has 0 spiro atoms. The topological polar surface area (TPSA) is 108 Å². The molecule has 0 saturated heterocycles. The summed E-state index contributed by atoms with van der Waals surface area (Å²) in [6, 6.07) is 6.69. The number of carbonyl (C=O) groups is 2. The van der Waals surface area contributed by atoms with E-state index in [9.17, 15) is 14.7 Å². The third-order valence-electron chi connectivity index (χ3n) is 6.71. The Morgan fingerprint density at radius 3 is 2.24 bits per heavy atom. The van der Waals surface area contributed by atoms with Gasteiger partial charge in [0.1, 0.15) is 5.76 Å². The van der Waals surface area contributed by atoms with Crippen molar-refractivity contribution < 1.29 is 14.7 Å². The van der Waals surface area contributed by atoms with Gasteiger partial charge in [0.2, 0.25) is 11.0 Å². The maximum absolute atomic E-state index is 12.7. The van der Waals surface area contributed by atoms with Gasteiger partial charge in [-0.1, -0.05) is 101 Å². The Hall–Kier alpha value is -2.61. The quantitative estimate of drug-likeness (QED) is 0.252. The average molecular weight is 471 g/mol. The number of aliphatic hydroxyl groups is 1. The van der Waals surface area contributed by atoms with Crippen LogP contribution in [0.1, 0.15) is 95.1 Å². The molecule has 1 heterocycles. The first-order valence-electron chi connectivity index (χ1n) is 12.0. The first-order chi connectivity index (χ1) is 15.9. The molecule has 0 aromatic heterocycles. The summed E-state index contributed by atoms with van der Waals surface area (Å²) in [5, 5.41) is 18.3. The summed E-state index contributed by atoms with van der Waals surface area (Å²) in [7, 11) is 0. The average Bonchev–Trinajstić information content (AvgIpc) is 3.15. The van der Waals surface area contributed by atoms with Gasteiger partial charge in [-0.3, -0.25) is 9.69 Å². The second-order valence-electron chi connectivity index (χ2n) is 8.98. The van der Waals surface area contributed by atoms with Crippen LogP contribution in [0, 0.1) is 0 Å². The molecule has 1 aromatic carbocycles. The van der Waals surface area contributed by atoms with Gasteiger partial charge in [-0.05, 0) is 24.2 Å². The number of unbranched alkanes of at least 4 members (excludes halogenated alkanes) is 9. The Labute approximate surface area is 201 Å². The lowest BCUT2D eigenvalue weighted by Gasteiger charge is -2.44. The van der Waals surface area contributed by atoms with Crippen LogP contribution in [0.4, 0.5) is 4.79 Å². The number of fused-ring (bicyclic) bond motifs is 1. The van der Waals surface area contributed by atoms with Crippen molar-refractivity contribution >= 4 is 35.0 Å². The minimum Gasteiger partial charge on any atom is -0.507 e.